The van der Waals surface area contributed by atoms with Crippen LogP contribution in [0.2, 0.25) is 0 Å². The molecule has 0 aliphatic rings. The first kappa shape index (κ1) is 15.2. The summed E-state index contributed by atoms with van der Waals surface area (Å²) in [4.78, 5) is 20.6. The van der Waals surface area contributed by atoms with Crippen LogP contribution in [0.5, 0.6) is 0 Å². The zero-order chi connectivity index (χ0) is 9.14. The van der Waals surface area contributed by atoms with Gasteiger partial charge in [-0.05, 0) is 0 Å². The van der Waals surface area contributed by atoms with E-state index >= 15 is 0 Å². The number of carboxylic acids is 2. The lowest BCUT2D eigenvalue weighted by Gasteiger charge is -2.09. The van der Waals surface area contributed by atoms with E-state index in [1.54, 1.807) is 0 Å². The molecular formula is C8H4Cl2O4-4. The molecule has 0 N–H and O–H groups in total. The maximum atomic E-state index is 10.3. The van der Waals surface area contributed by atoms with Crippen molar-refractivity contribution < 1.29 is 44.6 Å². The highest BCUT2D eigenvalue weighted by Gasteiger charge is 2.01. The summed E-state index contributed by atoms with van der Waals surface area (Å²) in [5.41, 5.74) is -0.727. The van der Waals surface area contributed by atoms with Crippen LogP contribution in [0.25, 0.3) is 0 Å². The molecule has 1 aromatic carbocycles. The van der Waals surface area contributed by atoms with E-state index in [0.29, 0.717) is 0 Å². The van der Waals surface area contributed by atoms with Gasteiger partial charge in [0.2, 0.25) is 0 Å². The number of aromatic carboxylic acids is 2. The molecule has 0 atom stereocenters. The second-order valence-electron chi connectivity index (χ2n) is 2.12. The minimum absolute atomic E-state index is 0. The molecule has 0 amide bonds. The lowest BCUT2D eigenvalue weighted by Crippen LogP contribution is -3.00. The van der Waals surface area contributed by atoms with Gasteiger partial charge in [-0.3, -0.25) is 0 Å². The normalized spacial score (nSPS) is 8.00. The molecule has 0 radical (unpaired) electrons. The Labute approximate surface area is 92.4 Å². The fraction of sp³-hybridized carbons (Fsp3) is 0. The topological polar surface area (TPSA) is 80.3 Å². The smallest absolute Gasteiger partial charge is 0.0721 e. The van der Waals surface area contributed by atoms with Crippen LogP contribution in [-0.2, 0) is 0 Å². The van der Waals surface area contributed by atoms with Crippen LogP contribution in [0.1, 0.15) is 20.7 Å². The van der Waals surface area contributed by atoms with Crippen molar-refractivity contribution in [3.05, 3.63) is 35.4 Å². The Morgan fingerprint density at radius 2 is 1.14 bits per heavy atom. The second-order valence-corrected chi connectivity index (χ2v) is 2.12. The average Bonchev–Trinajstić information content (AvgIpc) is 2.04. The van der Waals surface area contributed by atoms with E-state index in [4.69, 9.17) is 0 Å². The Hall–Kier alpha value is -1.26. The summed E-state index contributed by atoms with van der Waals surface area (Å²) < 4.78 is 0. The number of benzene rings is 1. The van der Waals surface area contributed by atoms with E-state index in [1.165, 1.54) is 12.1 Å². The second kappa shape index (κ2) is 6.23. The Morgan fingerprint density at radius 3 is 1.36 bits per heavy atom. The van der Waals surface area contributed by atoms with Gasteiger partial charge in [0.25, 0.3) is 0 Å². The number of halogens is 2. The van der Waals surface area contributed by atoms with Crippen LogP contribution in [-0.4, -0.2) is 11.9 Å². The fourth-order valence-corrected chi connectivity index (χ4v) is 0.839. The van der Waals surface area contributed by atoms with Gasteiger partial charge in [0.05, 0.1) is 11.9 Å². The van der Waals surface area contributed by atoms with Gasteiger partial charge >= 0.3 is 0 Å². The van der Waals surface area contributed by atoms with Crippen molar-refractivity contribution in [3.63, 3.8) is 0 Å². The molecule has 0 aromatic heterocycles. The van der Waals surface area contributed by atoms with E-state index in [1.807, 2.05) is 0 Å². The standard InChI is InChI=1S/C8H6O4.2ClH/c9-7(10)5-3-1-2-4-6(5)8(11)12;;/h1-4H,(H,9,10)(H,11,12);2*1H/p-4. The van der Waals surface area contributed by atoms with Gasteiger partial charge in [-0.25, -0.2) is 0 Å². The molecule has 0 spiro atoms. The van der Waals surface area contributed by atoms with Crippen molar-refractivity contribution in [3.8, 4) is 0 Å². The predicted octanol–water partition coefficient (Wildman–Crippen LogP) is -7.58. The SMILES string of the molecule is O=C([O-])c1ccccc1C(=O)[O-].[Cl-].[Cl-]. The molecule has 0 bridgehead atoms. The van der Waals surface area contributed by atoms with Gasteiger partial charge < -0.3 is 44.6 Å². The van der Waals surface area contributed by atoms with Gasteiger partial charge in [-0.15, -0.1) is 0 Å². The number of carbonyl (C=O) groups is 2. The number of hydrogen-bond acceptors (Lipinski definition) is 4. The molecule has 0 unspecified atom stereocenters. The minimum atomic E-state index is -1.52. The van der Waals surface area contributed by atoms with Gasteiger partial charge in [0, 0.05) is 11.1 Å². The molecule has 0 heterocycles. The highest BCUT2D eigenvalue weighted by Crippen LogP contribution is 2.05. The minimum Gasteiger partial charge on any atom is -1.00 e. The van der Waals surface area contributed by atoms with Crippen molar-refractivity contribution in [2.45, 2.75) is 0 Å². The van der Waals surface area contributed by atoms with Crippen LogP contribution in [0.3, 0.4) is 0 Å². The fourth-order valence-electron chi connectivity index (χ4n) is 0.839. The molecule has 0 aliphatic heterocycles. The van der Waals surface area contributed by atoms with Crippen molar-refractivity contribution in [2.75, 3.05) is 0 Å². The molecule has 4 nitrogen and oxygen atoms in total. The van der Waals surface area contributed by atoms with E-state index < -0.39 is 11.9 Å². The summed E-state index contributed by atoms with van der Waals surface area (Å²) >= 11 is 0. The molecule has 6 heteroatoms. The van der Waals surface area contributed by atoms with Crippen LogP contribution in [0.4, 0.5) is 0 Å². The maximum Gasteiger partial charge on any atom is 0.0721 e. The Bertz CT molecular complexity index is 305. The van der Waals surface area contributed by atoms with E-state index in [2.05, 4.69) is 0 Å². The van der Waals surface area contributed by atoms with Crippen LogP contribution in [0, 0.1) is 0 Å². The first-order valence-corrected chi connectivity index (χ1v) is 3.14. The van der Waals surface area contributed by atoms with Crippen molar-refractivity contribution >= 4 is 11.9 Å². The van der Waals surface area contributed by atoms with Gasteiger partial charge in [0.15, 0.2) is 0 Å². The molecule has 0 saturated heterocycles. The number of carbonyl (C=O) groups excluding carboxylic acids is 2. The largest absolute Gasteiger partial charge is 1.00 e. The molecule has 1 aromatic rings. The Balaban J connectivity index is 0. The van der Waals surface area contributed by atoms with Crippen LogP contribution >= 0.6 is 0 Å². The van der Waals surface area contributed by atoms with Gasteiger partial charge in [-0.1, -0.05) is 24.3 Å². The maximum absolute atomic E-state index is 10.3. The quantitative estimate of drug-likeness (QED) is 0.510. The van der Waals surface area contributed by atoms with Crippen molar-refractivity contribution in [1.82, 2.24) is 0 Å². The molecular weight excluding hydrogens is 231 g/mol. The monoisotopic (exact) mass is 234 g/mol. The molecule has 0 fully saturated rings. The van der Waals surface area contributed by atoms with Gasteiger partial charge in [0.1, 0.15) is 0 Å². The third-order valence-corrected chi connectivity index (χ3v) is 1.37. The zero-order valence-electron chi connectivity index (χ0n) is 6.70. The van der Waals surface area contributed by atoms with Crippen LogP contribution in [0.15, 0.2) is 24.3 Å². The first-order valence-electron chi connectivity index (χ1n) is 3.14. The molecule has 14 heavy (non-hydrogen) atoms. The lowest BCUT2D eigenvalue weighted by molar-refractivity contribution is -0.259. The predicted molar refractivity (Wildman–Crippen MR) is 35.1 cm³/mol. The molecule has 0 aliphatic carbocycles. The number of rotatable bonds is 2. The number of hydrogen-bond donors (Lipinski definition) is 0. The Morgan fingerprint density at radius 1 is 0.857 bits per heavy atom. The summed E-state index contributed by atoms with van der Waals surface area (Å²) in [5.74, 6) is -3.04. The van der Waals surface area contributed by atoms with E-state index in [-0.39, 0.29) is 35.9 Å². The summed E-state index contributed by atoms with van der Waals surface area (Å²) in [7, 11) is 0. The summed E-state index contributed by atoms with van der Waals surface area (Å²) in [5, 5.41) is 20.6. The average molecular weight is 235 g/mol. The van der Waals surface area contributed by atoms with Crippen LogP contribution < -0.4 is 35.0 Å². The highest BCUT2D eigenvalue weighted by molar-refractivity contribution is 5.99. The summed E-state index contributed by atoms with van der Waals surface area (Å²) in [6, 6.07) is 5.14. The number of carboxylic acid groups (broad SMARTS) is 2. The lowest BCUT2D eigenvalue weighted by atomic mass is 10.1. The Kier molecular flexibility index (Phi) is 6.78. The van der Waals surface area contributed by atoms with Gasteiger partial charge in [-0.2, -0.15) is 0 Å². The van der Waals surface area contributed by atoms with Crippen molar-refractivity contribution in [2.24, 2.45) is 0 Å². The molecule has 1 rings (SSSR count). The molecule has 0 saturated carbocycles. The third-order valence-electron chi connectivity index (χ3n) is 1.37. The third kappa shape index (κ3) is 3.24. The van der Waals surface area contributed by atoms with Crippen molar-refractivity contribution in [1.29, 1.82) is 0 Å². The highest BCUT2D eigenvalue weighted by atomic mass is 35.5. The molecule has 78 valence electrons. The van der Waals surface area contributed by atoms with E-state index in [9.17, 15) is 19.8 Å². The zero-order valence-corrected chi connectivity index (χ0v) is 8.21. The summed E-state index contributed by atoms with van der Waals surface area (Å²) in [6.07, 6.45) is 0. The summed E-state index contributed by atoms with van der Waals surface area (Å²) in [6.45, 7) is 0. The van der Waals surface area contributed by atoms with E-state index in [0.717, 1.165) is 12.1 Å². The first-order chi connectivity index (χ1) is 5.63.